The highest BCUT2D eigenvalue weighted by Gasteiger charge is 2.14. The van der Waals surface area contributed by atoms with E-state index < -0.39 is 10.0 Å². The number of hydrogen-bond acceptors (Lipinski definition) is 4. The molecule has 0 bridgehead atoms. The number of nitrogens with one attached hydrogen (secondary N) is 2. The maximum Gasteiger partial charge on any atom is 0.255 e. The standard InChI is InChI=1S/C25H28N2O4S/c1-4-14-32(29,30)27-24-13-7-12-23(19(24)3)26-25(28)21-10-6-11-22(16-21)31-17-20-9-5-8-18(2)15-20/h5-13,15-16,27H,4,14,17H2,1-3H3,(H,26,28). The number of benzene rings is 3. The van der Waals surface area contributed by atoms with Gasteiger partial charge in [-0.3, -0.25) is 9.52 Å². The Bertz CT molecular complexity index is 1210. The first-order valence-corrected chi connectivity index (χ1v) is 12.1. The molecule has 2 N–H and O–H groups in total. The first-order chi connectivity index (χ1) is 15.3. The van der Waals surface area contributed by atoms with Gasteiger partial charge < -0.3 is 10.1 Å². The van der Waals surface area contributed by atoms with Gasteiger partial charge >= 0.3 is 0 Å². The molecule has 0 unspecified atom stereocenters. The molecule has 6 nitrogen and oxygen atoms in total. The molecule has 0 heterocycles. The minimum absolute atomic E-state index is 0.0400. The van der Waals surface area contributed by atoms with E-state index in [4.69, 9.17) is 4.74 Å². The van der Waals surface area contributed by atoms with E-state index >= 15 is 0 Å². The first kappa shape index (κ1) is 23.3. The maximum atomic E-state index is 12.8. The van der Waals surface area contributed by atoms with Crippen LogP contribution in [-0.4, -0.2) is 20.1 Å². The molecule has 0 aliphatic heterocycles. The van der Waals surface area contributed by atoms with Crippen molar-refractivity contribution in [3.05, 3.63) is 89.0 Å². The van der Waals surface area contributed by atoms with Gasteiger partial charge in [0.25, 0.3) is 5.91 Å². The normalized spacial score (nSPS) is 11.1. The molecule has 3 aromatic rings. The summed E-state index contributed by atoms with van der Waals surface area (Å²) in [6.45, 7) is 6.01. The monoisotopic (exact) mass is 452 g/mol. The van der Waals surface area contributed by atoms with E-state index in [0.717, 1.165) is 11.1 Å². The fraction of sp³-hybridized carbons (Fsp3) is 0.240. The number of sulfonamides is 1. The predicted molar refractivity (Wildman–Crippen MR) is 129 cm³/mol. The molecule has 168 valence electrons. The van der Waals surface area contributed by atoms with Gasteiger partial charge in [0, 0.05) is 11.3 Å². The van der Waals surface area contributed by atoms with Crippen molar-refractivity contribution in [2.24, 2.45) is 0 Å². The Kier molecular flexibility index (Phi) is 7.53. The number of rotatable bonds is 9. The van der Waals surface area contributed by atoms with Crippen LogP contribution in [0.15, 0.2) is 66.7 Å². The van der Waals surface area contributed by atoms with Crippen LogP contribution in [-0.2, 0) is 16.6 Å². The topological polar surface area (TPSA) is 84.5 Å². The molecule has 0 aromatic heterocycles. The van der Waals surface area contributed by atoms with Crippen LogP contribution in [0.3, 0.4) is 0 Å². The fourth-order valence-electron chi connectivity index (χ4n) is 3.26. The second kappa shape index (κ2) is 10.3. The van der Waals surface area contributed by atoms with Crippen LogP contribution in [0.25, 0.3) is 0 Å². The van der Waals surface area contributed by atoms with Gasteiger partial charge in [0.15, 0.2) is 0 Å². The van der Waals surface area contributed by atoms with E-state index in [1.54, 1.807) is 56.3 Å². The summed E-state index contributed by atoms with van der Waals surface area (Å²) in [5.74, 6) is 0.331. The van der Waals surface area contributed by atoms with E-state index in [9.17, 15) is 13.2 Å². The van der Waals surface area contributed by atoms with Crippen molar-refractivity contribution in [3.63, 3.8) is 0 Å². The fourth-order valence-corrected chi connectivity index (χ4v) is 4.45. The molecule has 32 heavy (non-hydrogen) atoms. The van der Waals surface area contributed by atoms with Gasteiger partial charge in [-0.1, -0.05) is 48.9 Å². The number of aryl methyl sites for hydroxylation is 1. The molecular formula is C25H28N2O4S. The summed E-state index contributed by atoms with van der Waals surface area (Å²) in [7, 11) is -3.42. The Balaban J connectivity index is 1.71. The average molecular weight is 453 g/mol. The maximum absolute atomic E-state index is 12.8. The lowest BCUT2D eigenvalue weighted by atomic mass is 10.1. The minimum Gasteiger partial charge on any atom is -0.489 e. The van der Waals surface area contributed by atoms with Crippen molar-refractivity contribution in [3.8, 4) is 5.75 Å². The summed E-state index contributed by atoms with van der Waals surface area (Å²) in [4.78, 5) is 12.8. The van der Waals surface area contributed by atoms with Gasteiger partial charge in [-0.05, 0) is 61.7 Å². The lowest BCUT2D eigenvalue weighted by Crippen LogP contribution is -2.18. The smallest absolute Gasteiger partial charge is 0.255 e. The molecule has 0 saturated carbocycles. The van der Waals surface area contributed by atoms with Crippen molar-refractivity contribution in [2.45, 2.75) is 33.8 Å². The zero-order valence-corrected chi connectivity index (χ0v) is 19.3. The van der Waals surface area contributed by atoms with E-state index in [1.165, 1.54) is 0 Å². The third kappa shape index (κ3) is 6.34. The molecule has 0 spiro atoms. The summed E-state index contributed by atoms with van der Waals surface area (Å²) < 4.78 is 32.7. The molecule has 0 aliphatic rings. The predicted octanol–water partition coefficient (Wildman–Crippen LogP) is 5.29. The molecule has 0 aliphatic carbocycles. The number of carbonyl (C=O) groups is 1. The third-order valence-electron chi connectivity index (χ3n) is 4.90. The highest BCUT2D eigenvalue weighted by molar-refractivity contribution is 7.92. The highest BCUT2D eigenvalue weighted by atomic mass is 32.2. The molecular weight excluding hydrogens is 424 g/mol. The summed E-state index contributed by atoms with van der Waals surface area (Å²) in [5, 5.41) is 2.86. The first-order valence-electron chi connectivity index (χ1n) is 10.5. The van der Waals surface area contributed by atoms with Gasteiger partial charge in [-0.15, -0.1) is 0 Å². The van der Waals surface area contributed by atoms with E-state index in [1.807, 2.05) is 25.1 Å². The van der Waals surface area contributed by atoms with E-state index in [2.05, 4.69) is 16.1 Å². The zero-order chi connectivity index (χ0) is 23.1. The van der Waals surface area contributed by atoms with Crippen LogP contribution in [0.2, 0.25) is 0 Å². The summed E-state index contributed by atoms with van der Waals surface area (Å²) in [5.41, 5.74) is 4.30. The van der Waals surface area contributed by atoms with Crippen molar-refractivity contribution in [1.82, 2.24) is 0 Å². The largest absolute Gasteiger partial charge is 0.489 e. The quantitative estimate of drug-likeness (QED) is 0.462. The van der Waals surface area contributed by atoms with Gasteiger partial charge in [0.2, 0.25) is 10.0 Å². The van der Waals surface area contributed by atoms with Gasteiger partial charge in [-0.25, -0.2) is 8.42 Å². The Morgan fingerprint density at radius 1 is 0.938 bits per heavy atom. The summed E-state index contributed by atoms with van der Waals surface area (Å²) in [6.07, 6.45) is 0.521. The number of hydrogen-bond donors (Lipinski definition) is 2. The molecule has 0 fully saturated rings. The highest BCUT2D eigenvalue weighted by Crippen LogP contribution is 2.25. The zero-order valence-electron chi connectivity index (χ0n) is 18.5. The molecule has 0 radical (unpaired) electrons. The number of anilines is 2. The number of carbonyl (C=O) groups excluding carboxylic acids is 1. The Morgan fingerprint density at radius 3 is 2.41 bits per heavy atom. The lowest BCUT2D eigenvalue weighted by molar-refractivity contribution is 0.102. The number of ether oxygens (including phenoxy) is 1. The van der Waals surface area contributed by atoms with Crippen LogP contribution in [0.5, 0.6) is 5.75 Å². The molecule has 3 rings (SSSR count). The van der Waals surface area contributed by atoms with Crippen molar-refractivity contribution >= 4 is 27.3 Å². The van der Waals surface area contributed by atoms with Crippen LogP contribution in [0.4, 0.5) is 11.4 Å². The van der Waals surface area contributed by atoms with Crippen molar-refractivity contribution in [2.75, 3.05) is 15.8 Å². The van der Waals surface area contributed by atoms with Crippen molar-refractivity contribution in [1.29, 1.82) is 0 Å². The van der Waals surface area contributed by atoms with Crippen molar-refractivity contribution < 1.29 is 17.9 Å². The van der Waals surface area contributed by atoms with Gasteiger partial charge in [0.05, 0.1) is 11.4 Å². The molecule has 0 saturated heterocycles. The number of amides is 1. The SMILES string of the molecule is CCCS(=O)(=O)Nc1cccc(NC(=O)c2cccc(OCc3cccc(C)c3)c2)c1C. The molecule has 7 heteroatoms. The molecule has 3 aromatic carbocycles. The Morgan fingerprint density at radius 2 is 1.66 bits per heavy atom. The molecule has 0 atom stereocenters. The van der Waals surface area contributed by atoms with Crippen LogP contribution in [0, 0.1) is 13.8 Å². The lowest BCUT2D eigenvalue weighted by Gasteiger charge is -2.14. The van der Waals surface area contributed by atoms with Gasteiger partial charge in [-0.2, -0.15) is 0 Å². The summed E-state index contributed by atoms with van der Waals surface area (Å²) in [6, 6.07) is 20.1. The minimum atomic E-state index is -3.42. The van der Waals surface area contributed by atoms with Crippen LogP contribution >= 0.6 is 0 Å². The average Bonchev–Trinajstić information content (AvgIpc) is 2.75. The van der Waals surface area contributed by atoms with E-state index in [0.29, 0.717) is 41.3 Å². The van der Waals surface area contributed by atoms with Gasteiger partial charge in [0.1, 0.15) is 12.4 Å². The van der Waals surface area contributed by atoms with E-state index in [-0.39, 0.29) is 11.7 Å². The van der Waals surface area contributed by atoms with Crippen LogP contribution in [0.1, 0.15) is 40.4 Å². The van der Waals surface area contributed by atoms with Crippen LogP contribution < -0.4 is 14.8 Å². The third-order valence-corrected chi connectivity index (χ3v) is 6.38. The molecule has 1 amide bonds. The Hall–Kier alpha value is -3.32. The second-order valence-electron chi connectivity index (χ2n) is 7.66. The summed E-state index contributed by atoms with van der Waals surface area (Å²) >= 11 is 0. The second-order valence-corrected chi connectivity index (χ2v) is 9.50. The Labute approximate surface area is 189 Å².